The summed E-state index contributed by atoms with van der Waals surface area (Å²) in [4.78, 5) is 0. The molecule has 0 atom stereocenters. The minimum atomic E-state index is 0.634. The molecule has 0 unspecified atom stereocenters. The molecule has 0 heterocycles. The molecule has 2 heteroatoms. The number of hydrogen-bond donors (Lipinski definition) is 0. The maximum absolute atomic E-state index is 5.87. The Labute approximate surface area is 136 Å². The number of aryl methyl sites for hydroxylation is 1. The lowest BCUT2D eigenvalue weighted by molar-refractivity contribution is 0.306. The Morgan fingerprint density at radius 1 is 0.762 bits per heavy atom. The summed E-state index contributed by atoms with van der Waals surface area (Å²) in [7, 11) is 0. The molecule has 1 nitrogen and oxygen atoms in total. The molecule has 0 fully saturated rings. The van der Waals surface area contributed by atoms with Crippen LogP contribution in [-0.2, 0) is 13.0 Å². The molecule has 21 heavy (non-hydrogen) atoms. The van der Waals surface area contributed by atoms with E-state index in [1.165, 1.54) is 36.8 Å². The summed E-state index contributed by atoms with van der Waals surface area (Å²) in [5.41, 5.74) is 2.58. The van der Waals surface area contributed by atoms with Gasteiger partial charge in [-0.05, 0) is 42.5 Å². The van der Waals surface area contributed by atoms with Gasteiger partial charge in [-0.15, -0.1) is 0 Å². The number of alkyl halides is 1. The van der Waals surface area contributed by atoms with Crippen molar-refractivity contribution < 1.29 is 4.74 Å². The molecule has 0 bridgehead atoms. The normalized spacial score (nSPS) is 10.5. The smallest absolute Gasteiger partial charge is 0.120 e. The van der Waals surface area contributed by atoms with Crippen molar-refractivity contribution in [1.82, 2.24) is 0 Å². The van der Waals surface area contributed by atoms with Crippen LogP contribution in [0, 0.1) is 0 Å². The molecular weight excluding hydrogens is 324 g/mol. The number of halogens is 1. The topological polar surface area (TPSA) is 9.23 Å². The van der Waals surface area contributed by atoms with Gasteiger partial charge in [0.15, 0.2) is 0 Å². The van der Waals surface area contributed by atoms with Crippen LogP contribution in [0.3, 0.4) is 0 Å². The third-order valence-corrected chi connectivity index (χ3v) is 4.06. The Balaban J connectivity index is 1.77. The van der Waals surface area contributed by atoms with Crippen LogP contribution in [0.4, 0.5) is 0 Å². The maximum Gasteiger partial charge on any atom is 0.120 e. The third-order valence-electron chi connectivity index (χ3n) is 3.50. The van der Waals surface area contributed by atoms with Crippen molar-refractivity contribution in [3.05, 3.63) is 65.7 Å². The van der Waals surface area contributed by atoms with Gasteiger partial charge in [0.05, 0.1) is 0 Å². The first-order chi connectivity index (χ1) is 10.4. The summed E-state index contributed by atoms with van der Waals surface area (Å²) in [6, 6.07) is 18.8. The van der Waals surface area contributed by atoms with Gasteiger partial charge in [-0.1, -0.05) is 71.2 Å². The molecular formula is C19H23BrO. The van der Waals surface area contributed by atoms with Crippen LogP contribution >= 0.6 is 15.9 Å². The highest BCUT2D eigenvalue weighted by molar-refractivity contribution is 9.09. The van der Waals surface area contributed by atoms with Gasteiger partial charge < -0.3 is 4.74 Å². The van der Waals surface area contributed by atoms with E-state index in [4.69, 9.17) is 4.74 Å². The molecule has 0 saturated heterocycles. The van der Waals surface area contributed by atoms with Crippen molar-refractivity contribution in [1.29, 1.82) is 0 Å². The Hall–Kier alpha value is -1.28. The van der Waals surface area contributed by atoms with Crippen molar-refractivity contribution in [2.75, 3.05) is 5.33 Å². The predicted octanol–water partition coefficient (Wildman–Crippen LogP) is 5.76. The van der Waals surface area contributed by atoms with E-state index in [2.05, 4.69) is 46.3 Å². The second kappa shape index (κ2) is 9.62. The van der Waals surface area contributed by atoms with Crippen molar-refractivity contribution in [2.24, 2.45) is 0 Å². The highest BCUT2D eigenvalue weighted by Gasteiger charge is 1.99. The van der Waals surface area contributed by atoms with Gasteiger partial charge in [0.25, 0.3) is 0 Å². The lowest BCUT2D eigenvalue weighted by Gasteiger charge is -2.08. The number of rotatable bonds is 9. The molecule has 112 valence electrons. The van der Waals surface area contributed by atoms with Crippen molar-refractivity contribution in [2.45, 2.75) is 38.7 Å². The standard InChI is InChI=1S/C19H23BrO/c20-14-7-2-1-4-9-17-12-8-13-19(15-17)21-16-18-10-5-3-6-11-18/h3,5-6,8,10-13,15H,1-2,4,7,9,14,16H2. The summed E-state index contributed by atoms with van der Waals surface area (Å²) >= 11 is 3.48. The van der Waals surface area contributed by atoms with Gasteiger partial charge in [-0.2, -0.15) is 0 Å². The fourth-order valence-corrected chi connectivity index (χ4v) is 2.71. The van der Waals surface area contributed by atoms with Gasteiger partial charge in [0, 0.05) is 5.33 Å². The van der Waals surface area contributed by atoms with Crippen LogP contribution in [-0.4, -0.2) is 5.33 Å². The fraction of sp³-hybridized carbons (Fsp3) is 0.368. The number of unbranched alkanes of at least 4 members (excludes halogenated alkanes) is 3. The molecule has 0 N–H and O–H groups in total. The summed E-state index contributed by atoms with van der Waals surface area (Å²) in [6.45, 7) is 0.634. The van der Waals surface area contributed by atoms with Crippen LogP contribution in [0.2, 0.25) is 0 Å². The van der Waals surface area contributed by atoms with E-state index in [1.807, 2.05) is 24.3 Å². The molecule has 0 saturated carbocycles. The Morgan fingerprint density at radius 3 is 2.33 bits per heavy atom. The monoisotopic (exact) mass is 346 g/mol. The second-order valence-corrected chi connectivity index (χ2v) is 6.07. The SMILES string of the molecule is BrCCCCCCc1cccc(OCc2ccccc2)c1. The first-order valence-electron chi connectivity index (χ1n) is 7.70. The Morgan fingerprint density at radius 2 is 1.52 bits per heavy atom. The molecule has 2 aromatic rings. The first kappa shape index (κ1) is 16.1. The van der Waals surface area contributed by atoms with E-state index in [1.54, 1.807) is 0 Å². The molecule has 0 aliphatic rings. The van der Waals surface area contributed by atoms with Crippen molar-refractivity contribution in [3.8, 4) is 5.75 Å². The number of benzene rings is 2. The molecule has 0 spiro atoms. The minimum absolute atomic E-state index is 0.634. The lowest BCUT2D eigenvalue weighted by atomic mass is 10.1. The zero-order valence-corrected chi connectivity index (χ0v) is 14.0. The average molecular weight is 347 g/mol. The van der Waals surface area contributed by atoms with E-state index >= 15 is 0 Å². The summed E-state index contributed by atoms with van der Waals surface area (Å²) in [5, 5.41) is 1.12. The molecule has 2 aromatic carbocycles. The molecule has 0 amide bonds. The van der Waals surface area contributed by atoms with E-state index in [0.29, 0.717) is 6.61 Å². The molecule has 0 radical (unpaired) electrons. The zero-order chi connectivity index (χ0) is 14.8. The zero-order valence-electron chi connectivity index (χ0n) is 12.4. The van der Waals surface area contributed by atoms with Crippen molar-refractivity contribution in [3.63, 3.8) is 0 Å². The Bertz CT molecular complexity index is 510. The van der Waals surface area contributed by atoms with Crippen molar-refractivity contribution >= 4 is 15.9 Å². The van der Waals surface area contributed by atoms with Crippen LogP contribution in [0.5, 0.6) is 5.75 Å². The van der Waals surface area contributed by atoms with Crippen LogP contribution in [0.15, 0.2) is 54.6 Å². The highest BCUT2D eigenvalue weighted by Crippen LogP contribution is 2.17. The summed E-state index contributed by atoms with van der Waals surface area (Å²) in [6.07, 6.45) is 6.30. The molecule has 2 rings (SSSR count). The Kier molecular flexibility index (Phi) is 7.37. The lowest BCUT2D eigenvalue weighted by Crippen LogP contribution is -1.96. The maximum atomic E-state index is 5.87. The average Bonchev–Trinajstić information content (AvgIpc) is 2.54. The van der Waals surface area contributed by atoms with Gasteiger partial charge in [0.2, 0.25) is 0 Å². The van der Waals surface area contributed by atoms with Gasteiger partial charge >= 0.3 is 0 Å². The molecule has 0 aromatic heterocycles. The third kappa shape index (κ3) is 6.34. The number of hydrogen-bond acceptors (Lipinski definition) is 1. The fourth-order valence-electron chi connectivity index (χ4n) is 2.31. The van der Waals surface area contributed by atoms with Crippen LogP contribution < -0.4 is 4.74 Å². The number of ether oxygens (including phenoxy) is 1. The molecule has 0 aliphatic heterocycles. The summed E-state index contributed by atoms with van der Waals surface area (Å²) < 4.78 is 5.87. The minimum Gasteiger partial charge on any atom is -0.489 e. The van der Waals surface area contributed by atoms with E-state index in [-0.39, 0.29) is 0 Å². The first-order valence-corrected chi connectivity index (χ1v) is 8.82. The quantitative estimate of drug-likeness (QED) is 0.414. The summed E-state index contributed by atoms with van der Waals surface area (Å²) in [5.74, 6) is 0.969. The van der Waals surface area contributed by atoms with E-state index in [0.717, 1.165) is 17.5 Å². The molecule has 0 aliphatic carbocycles. The van der Waals surface area contributed by atoms with Gasteiger partial charge in [0.1, 0.15) is 12.4 Å². The van der Waals surface area contributed by atoms with Crippen LogP contribution in [0.1, 0.15) is 36.8 Å². The van der Waals surface area contributed by atoms with Gasteiger partial charge in [-0.25, -0.2) is 0 Å². The van der Waals surface area contributed by atoms with E-state index < -0.39 is 0 Å². The highest BCUT2D eigenvalue weighted by atomic mass is 79.9. The predicted molar refractivity (Wildman–Crippen MR) is 93.2 cm³/mol. The van der Waals surface area contributed by atoms with Gasteiger partial charge in [-0.3, -0.25) is 0 Å². The van der Waals surface area contributed by atoms with Crippen LogP contribution in [0.25, 0.3) is 0 Å². The largest absolute Gasteiger partial charge is 0.489 e. The van der Waals surface area contributed by atoms with E-state index in [9.17, 15) is 0 Å². The second-order valence-electron chi connectivity index (χ2n) is 5.27.